The van der Waals surface area contributed by atoms with E-state index < -0.39 is 41.2 Å². The summed E-state index contributed by atoms with van der Waals surface area (Å²) in [6.07, 6.45) is -5.02. The second-order valence-electron chi connectivity index (χ2n) is 5.02. The predicted octanol–water partition coefficient (Wildman–Crippen LogP) is 3.42. The monoisotopic (exact) mass is 358 g/mol. The van der Waals surface area contributed by atoms with Crippen LogP contribution in [0, 0.1) is 6.92 Å². The highest BCUT2D eigenvalue weighted by atomic mass is 32.1. The van der Waals surface area contributed by atoms with Crippen LogP contribution in [-0.2, 0) is 11.0 Å². The van der Waals surface area contributed by atoms with Crippen LogP contribution in [-0.4, -0.2) is 22.0 Å². The van der Waals surface area contributed by atoms with Gasteiger partial charge in [0.15, 0.2) is 5.01 Å². The Labute approximate surface area is 139 Å². The number of carboxylic acids is 1. The van der Waals surface area contributed by atoms with Gasteiger partial charge < -0.3 is 10.4 Å². The molecular formula is C15H13F3N2O3S. The van der Waals surface area contributed by atoms with Crippen LogP contribution in [0.3, 0.4) is 0 Å². The minimum Gasteiger partial charge on any atom is -0.481 e. The Hall–Kier alpha value is -2.42. The number of aliphatic carboxylic acids is 1. The first-order valence-corrected chi connectivity index (χ1v) is 7.67. The molecule has 0 saturated carbocycles. The Balaban J connectivity index is 2.23. The summed E-state index contributed by atoms with van der Waals surface area (Å²) in [6, 6.07) is 5.99. The molecule has 0 aliphatic carbocycles. The number of carbonyl (C=O) groups excluding carboxylic acids is 1. The highest BCUT2D eigenvalue weighted by Crippen LogP contribution is 2.31. The van der Waals surface area contributed by atoms with Gasteiger partial charge in [-0.1, -0.05) is 24.3 Å². The third kappa shape index (κ3) is 4.31. The standard InChI is InChI=1S/C15H13F3N2O3S/c1-8-4-2-3-5-9(8)10(6-12(21)22)19-13(23)11-7-24-14(20-11)15(16,17)18/h2-5,7,10H,6H2,1H3,(H,19,23)(H,21,22). The fourth-order valence-electron chi connectivity index (χ4n) is 2.13. The van der Waals surface area contributed by atoms with Crippen molar-refractivity contribution in [1.82, 2.24) is 10.3 Å². The summed E-state index contributed by atoms with van der Waals surface area (Å²) in [7, 11) is 0. The van der Waals surface area contributed by atoms with Crippen LogP contribution in [0.25, 0.3) is 0 Å². The molecule has 0 radical (unpaired) electrons. The number of hydrogen-bond acceptors (Lipinski definition) is 4. The van der Waals surface area contributed by atoms with Gasteiger partial charge in [-0.15, -0.1) is 11.3 Å². The maximum Gasteiger partial charge on any atom is 0.443 e. The summed E-state index contributed by atoms with van der Waals surface area (Å²) in [5.74, 6) is -1.99. The first-order valence-electron chi connectivity index (χ1n) is 6.79. The lowest BCUT2D eigenvalue weighted by molar-refractivity contribution is -0.138. The average molecular weight is 358 g/mol. The van der Waals surface area contributed by atoms with Crippen LogP contribution >= 0.6 is 11.3 Å². The molecule has 24 heavy (non-hydrogen) atoms. The summed E-state index contributed by atoms with van der Waals surface area (Å²) < 4.78 is 37.7. The van der Waals surface area contributed by atoms with Gasteiger partial charge in [0.2, 0.25) is 0 Å². The number of benzene rings is 1. The fraction of sp³-hybridized carbons (Fsp3) is 0.267. The number of rotatable bonds is 5. The van der Waals surface area contributed by atoms with Crippen molar-refractivity contribution in [3.8, 4) is 0 Å². The zero-order chi connectivity index (χ0) is 17.9. The number of nitrogens with one attached hydrogen (secondary N) is 1. The molecule has 1 unspecified atom stereocenters. The first kappa shape index (κ1) is 17.9. The van der Waals surface area contributed by atoms with E-state index in [-0.39, 0.29) is 0 Å². The van der Waals surface area contributed by atoms with E-state index in [1.54, 1.807) is 31.2 Å². The lowest BCUT2D eigenvalue weighted by Gasteiger charge is -2.18. The zero-order valence-corrected chi connectivity index (χ0v) is 13.2. The van der Waals surface area contributed by atoms with Crippen LogP contribution in [0.15, 0.2) is 29.6 Å². The average Bonchev–Trinajstić information content (AvgIpc) is 2.96. The summed E-state index contributed by atoms with van der Waals surface area (Å²) in [4.78, 5) is 26.4. The molecule has 1 heterocycles. The second-order valence-corrected chi connectivity index (χ2v) is 5.87. The van der Waals surface area contributed by atoms with Crippen LogP contribution in [0.2, 0.25) is 0 Å². The number of alkyl halides is 3. The van der Waals surface area contributed by atoms with Gasteiger partial charge in [-0.25, -0.2) is 4.98 Å². The van der Waals surface area contributed by atoms with Crippen molar-refractivity contribution in [2.45, 2.75) is 25.6 Å². The van der Waals surface area contributed by atoms with Crippen molar-refractivity contribution in [2.75, 3.05) is 0 Å². The predicted molar refractivity (Wildman–Crippen MR) is 80.8 cm³/mol. The molecular weight excluding hydrogens is 345 g/mol. The van der Waals surface area contributed by atoms with E-state index in [0.717, 1.165) is 10.9 Å². The molecule has 1 aromatic carbocycles. The van der Waals surface area contributed by atoms with E-state index in [1.165, 1.54) is 0 Å². The lowest BCUT2D eigenvalue weighted by Crippen LogP contribution is -2.31. The van der Waals surface area contributed by atoms with Crippen molar-refractivity contribution in [3.63, 3.8) is 0 Å². The van der Waals surface area contributed by atoms with Crippen LogP contribution in [0.1, 0.15) is 39.1 Å². The van der Waals surface area contributed by atoms with Crippen molar-refractivity contribution >= 4 is 23.2 Å². The van der Waals surface area contributed by atoms with E-state index in [9.17, 15) is 22.8 Å². The van der Waals surface area contributed by atoms with Gasteiger partial charge in [-0.3, -0.25) is 9.59 Å². The number of carboxylic acid groups (broad SMARTS) is 1. The van der Waals surface area contributed by atoms with Crippen molar-refractivity contribution in [2.24, 2.45) is 0 Å². The summed E-state index contributed by atoms with van der Waals surface area (Å²) >= 11 is 0.312. The van der Waals surface area contributed by atoms with Gasteiger partial charge in [-0.05, 0) is 18.1 Å². The maximum absolute atomic E-state index is 12.6. The van der Waals surface area contributed by atoms with Crippen molar-refractivity contribution < 1.29 is 27.9 Å². The number of carbonyl (C=O) groups is 2. The molecule has 1 aromatic heterocycles. The quantitative estimate of drug-likeness (QED) is 0.858. The molecule has 2 aromatic rings. The molecule has 1 atom stereocenters. The minimum atomic E-state index is -4.63. The van der Waals surface area contributed by atoms with E-state index in [4.69, 9.17) is 5.11 Å². The highest BCUT2D eigenvalue weighted by Gasteiger charge is 2.35. The van der Waals surface area contributed by atoms with Crippen LogP contribution in [0.5, 0.6) is 0 Å². The maximum atomic E-state index is 12.6. The highest BCUT2D eigenvalue weighted by molar-refractivity contribution is 7.09. The van der Waals surface area contributed by atoms with E-state index in [0.29, 0.717) is 16.9 Å². The van der Waals surface area contributed by atoms with Crippen LogP contribution < -0.4 is 5.32 Å². The Morgan fingerprint density at radius 3 is 2.54 bits per heavy atom. The third-order valence-corrected chi connectivity index (χ3v) is 4.11. The summed E-state index contributed by atoms with van der Waals surface area (Å²) in [5, 5.41) is 11.3. The second kappa shape index (κ2) is 7.00. The Bertz CT molecular complexity index is 758. The number of hydrogen-bond donors (Lipinski definition) is 2. The molecule has 128 valence electrons. The van der Waals surface area contributed by atoms with Gasteiger partial charge >= 0.3 is 12.1 Å². The molecule has 2 rings (SSSR count). The SMILES string of the molecule is Cc1ccccc1C(CC(=O)O)NC(=O)c1csc(C(F)(F)F)n1. The van der Waals surface area contributed by atoms with Gasteiger partial charge in [0.05, 0.1) is 12.5 Å². The molecule has 0 fully saturated rings. The van der Waals surface area contributed by atoms with E-state index in [2.05, 4.69) is 10.3 Å². The zero-order valence-electron chi connectivity index (χ0n) is 12.4. The molecule has 1 amide bonds. The number of halogens is 3. The van der Waals surface area contributed by atoms with Gasteiger partial charge in [0, 0.05) is 5.38 Å². The van der Waals surface area contributed by atoms with E-state index in [1.807, 2.05) is 0 Å². The molecule has 0 spiro atoms. The van der Waals surface area contributed by atoms with E-state index >= 15 is 0 Å². The molecule has 0 saturated heterocycles. The lowest BCUT2D eigenvalue weighted by atomic mass is 9.98. The van der Waals surface area contributed by atoms with Crippen molar-refractivity contribution in [1.29, 1.82) is 0 Å². The number of aromatic nitrogens is 1. The van der Waals surface area contributed by atoms with Gasteiger partial charge in [-0.2, -0.15) is 13.2 Å². The molecule has 0 bridgehead atoms. The van der Waals surface area contributed by atoms with Gasteiger partial charge in [0.25, 0.3) is 5.91 Å². The number of nitrogens with zero attached hydrogens (tertiary/aromatic N) is 1. The number of amides is 1. The molecule has 0 aliphatic rings. The number of aryl methyl sites for hydroxylation is 1. The Kier molecular flexibility index (Phi) is 5.23. The minimum absolute atomic E-state index is 0.312. The summed E-state index contributed by atoms with van der Waals surface area (Å²) in [5.41, 5.74) is 0.953. The van der Waals surface area contributed by atoms with Crippen molar-refractivity contribution in [3.05, 3.63) is 51.5 Å². The molecule has 9 heteroatoms. The molecule has 0 aliphatic heterocycles. The number of thiazole rings is 1. The molecule has 2 N–H and O–H groups in total. The summed E-state index contributed by atoms with van der Waals surface area (Å²) in [6.45, 7) is 1.75. The third-order valence-electron chi connectivity index (χ3n) is 3.23. The van der Waals surface area contributed by atoms with Crippen LogP contribution in [0.4, 0.5) is 13.2 Å². The smallest absolute Gasteiger partial charge is 0.443 e. The topological polar surface area (TPSA) is 79.3 Å². The Morgan fingerprint density at radius 1 is 1.33 bits per heavy atom. The fourth-order valence-corrected chi connectivity index (χ4v) is 2.80. The normalized spacial score (nSPS) is 12.7. The first-order chi connectivity index (χ1) is 11.2. The van der Waals surface area contributed by atoms with Gasteiger partial charge in [0.1, 0.15) is 5.69 Å². The molecule has 5 nitrogen and oxygen atoms in total. The Morgan fingerprint density at radius 2 is 2.00 bits per heavy atom. The largest absolute Gasteiger partial charge is 0.481 e.